The van der Waals surface area contributed by atoms with Crippen LogP contribution >= 0.6 is 0 Å². The van der Waals surface area contributed by atoms with E-state index in [1.807, 2.05) is 57.6 Å². The fourth-order valence-electron chi connectivity index (χ4n) is 8.01. The summed E-state index contributed by atoms with van der Waals surface area (Å²) in [4.78, 5) is 51.1. The molecule has 0 atom stereocenters. The van der Waals surface area contributed by atoms with Gasteiger partial charge in [-0.05, 0) is 140 Å². The highest BCUT2D eigenvalue weighted by atomic mass is 15.4. The number of nitrogens with zero attached hydrogens (tertiary/aromatic N) is 12. The van der Waals surface area contributed by atoms with Crippen molar-refractivity contribution < 1.29 is 0 Å². The maximum atomic E-state index is 4.95. The number of hydrogen-bond donors (Lipinski definition) is 0. The van der Waals surface area contributed by atoms with Crippen molar-refractivity contribution in [2.75, 3.05) is 14.7 Å². The fourth-order valence-corrected chi connectivity index (χ4v) is 8.01. The van der Waals surface area contributed by atoms with Gasteiger partial charge in [0.05, 0.1) is 68.9 Å². The van der Waals surface area contributed by atoms with Gasteiger partial charge in [-0.3, -0.25) is 29.9 Å². The molecule has 0 N–H and O–H groups in total. The van der Waals surface area contributed by atoms with Gasteiger partial charge in [0, 0.05) is 0 Å². The van der Waals surface area contributed by atoms with E-state index in [-0.39, 0.29) is 33.2 Å². The lowest BCUT2D eigenvalue weighted by molar-refractivity contribution is 0.338. The molecular formula is C42H54N12. The van der Waals surface area contributed by atoms with Crippen LogP contribution in [0.25, 0.3) is 34.6 Å². The maximum Gasteiger partial charge on any atom is 0.182 e. The molecule has 12 heteroatoms. The summed E-state index contributed by atoms with van der Waals surface area (Å²) in [5.74, 6) is 4.16. The Morgan fingerprint density at radius 3 is 0.778 bits per heavy atom. The minimum absolute atomic E-state index is 0.238. The van der Waals surface area contributed by atoms with E-state index in [4.69, 9.17) is 44.9 Å². The van der Waals surface area contributed by atoms with Crippen LogP contribution in [0.2, 0.25) is 0 Å². The normalized spacial score (nSPS) is 21.6. The van der Waals surface area contributed by atoms with Gasteiger partial charge in [-0.1, -0.05) is 0 Å². The number of aromatic nitrogens is 6. The van der Waals surface area contributed by atoms with Crippen molar-refractivity contribution in [1.29, 1.82) is 0 Å². The molecule has 282 valence electrons. The molecule has 0 fully saturated rings. The Hall–Kier alpha value is -5.13. The van der Waals surface area contributed by atoms with Gasteiger partial charge < -0.3 is 14.7 Å². The molecule has 0 saturated carbocycles. The van der Waals surface area contributed by atoms with Gasteiger partial charge in [0.2, 0.25) is 0 Å². The van der Waals surface area contributed by atoms with Gasteiger partial charge in [-0.25, -0.2) is 15.0 Å². The topological polar surface area (TPSA) is 124 Å². The first-order valence-electron chi connectivity index (χ1n) is 18.7. The van der Waals surface area contributed by atoms with Gasteiger partial charge in [-0.2, -0.15) is 0 Å². The number of amidine groups is 3. The summed E-state index contributed by atoms with van der Waals surface area (Å²) in [6.45, 7) is 32.4. The molecule has 0 aromatic carbocycles. The lowest BCUT2D eigenvalue weighted by Gasteiger charge is -2.41. The molecule has 0 saturated heterocycles. The molecule has 3 aliphatic heterocycles. The predicted molar refractivity (Wildman–Crippen MR) is 221 cm³/mol. The second-order valence-electron chi connectivity index (χ2n) is 17.8. The smallest absolute Gasteiger partial charge is 0.182 e. The summed E-state index contributed by atoms with van der Waals surface area (Å²) in [5, 5.41) is 0. The SMILES string of the molecule is CC1=NC(C)(C)C(C)(C)N1c1ccc(-c2nc(-c3ccc(N4C(C)=NC(C)(C)C4(C)C)cn3)nc(-c3ccc(N4C(C)=NC(C)(C)C4(C)C)cn3)n2)nc1. The van der Waals surface area contributed by atoms with Crippen LogP contribution < -0.4 is 14.7 Å². The Morgan fingerprint density at radius 1 is 0.370 bits per heavy atom. The van der Waals surface area contributed by atoms with Gasteiger partial charge in [-0.15, -0.1) is 0 Å². The standard InChI is InChI=1S/C42H54N12/c1-25-49-37(4,5)40(10,11)52(25)28-16-19-31(43-22-28)34-46-35(32-20-17-29(23-44-32)53-26(2)50-38(6,7)41(53,12)13)48-36(47-34)33-21-18-30(24-45-33)54-27(3)51-39(8,9)42(54,14)15/h16-24H,1-15H3. The second-order valence-corrected chi connectivity index (χ2v) is 17.8. The highest BCUT2D eigenvalue weighted by Crippen LogP contribution is 2.43. The van der Waals surface area contributed by atoms with E-state index in [0.29, 0.717) is 34.6 Å². The molecule has 0 unspecified atom stereocenters. The minimum Gasteiger partial charge on any atom is -0.321 e. The maximum absolute atomic E-state index is 4.95. The summed E-state index contributed by atoms with van der Waals surface area (Å²) in [6.07, 6.45) is 5.60. The molecule has 0 radical (unpaired) electrons. The van der Waals surface area contributed by atoms with Crippen molar-refractivity contribution in [2.45, 2.75) is 137 Å². The monoisotopic (exact) mass is 726 g/mol. The lowest BCUT2D eigenvalue weighted by Crippen LogP contribution is -2.53. The van der Waals surface area contributed by atoms with Crippen LogP contribution in [0.3, 0.4) is 0 Å². The first-order valence-corrected chi connectivity index (χ1v) is 18.7. The van der Waals surface area contributed by atoms with Crippen molar-refractivity contribution in [3.8, 4) is 34.6 Å². The Bertz CT molecular complexity index is 1940. The lowest BCUT2D eigenvalue weighted by atomic mass is 9.83. The zero-order valence-electron chi connectivity index (χ0n) is 34.6. The van der Waals surface area contributed by atoms with Gasteiger partial charge in [0.25, 0.3) is 0 Å². The van der Waals surface area contributed by atoms with Crippen molar-refractivity contribution in [3.05, 3.63) is 55.0 Å². The van der Waals surface area contributed by atoms with Crippen molar-refractivity contribution in [1.82, 2.24) is 29.9 Å². The summed E-state index contributed by atoms with van der Waals surface area (Å²) in [6, 6.07) is 12.0. The third-order valence-corrected chi connectivity index (χ3v) is 12.8. The van der Waals surface area contributed by atoms with Crippen LogP contribution in [0.5, 0.6) is 0 Å². The van der Waals surface area contributed by atoms with Gasteiger partial charge >= 0.3 is 0 Å². The summed E-state index contributed by atoms with van der Waals surface area (Å²) in [5.41, 5.74) is 3.24. The number of anilines is 3. The zero-order chi connectivity index (χ0) is 39.4. The highest BCUT2D eigenvalue weighted by Gasteiger charge is 2.50. The molecule has 4 aromatic heterocycles. The molecule has 7 rings (SSSR count). The van der Waals surface area contributed by atoms with E-state index < -0.39 is 0 Å². The molecule has 12 nitrogen and oxygen atoms in total. The molecule has 0 spiro atoms. The summed E-state index contributed by atoms with van der Waals surface area (Å²) >= 11 is 0. The number of aliphatic imine (C=N–C) groups is 3. The Labute approximate surface area is 320 Å². The van der Waals surface area contributed by atoms with Crippen molar-refractivity contribution >= 4 is 34.6 Å². The van der Waals surface area contributed by atoms with Crippen LogP contribution in [0.4, 0.5) is 17.1 Å². The van der Waals surface area contributed by atoms with E-state index >= 15 is 0 Å². The molecule has 0 bridgehead atoms. The largest absolute Gasteiger partial charge is 0.321 e. The number of pyridine rings is 3. The van der Waals surface area contributed by atoms with Crippen LogP contribution in [0.1, 0.15) is 104 Å². The molecule has 54 heavy (non-hydrogen) atoms. The molecule has 4 aromatic rings. The molecule has 0 amide bonds. The Morgan fingerprint density at radius 2 is 0.611 bits per heavy atom. The fraction of sp³-hybridized carbons (Fsp3) is 0.500. The van der Waals surface area contributed by atoms with Crippen molar-refractivity contribution in [2.24, 2.45) is 15.0 Å². The van der Waals surface area contributed by atoms with Gasteiger partial charge in [0.1, 0.15) is 34.6 Å². The molecule has 3 aliphatic rings. The minimum atomic E-state index is -0.253. The second kappa shape index (κ2) is 11.9. The third-order valence-electron chi connectivity index (χ3n) is 12.8. The first-order chi connectivity index (χ1) is 25.0. The van der Waals surface area contributed by atoms with Crippen LogP contribution in [0, 0.1) is 0 Å². The van der Waals surface area contributed by atoms with Crippen LogP contribution in [-0.2, 0) is 0 Å². The summed E-state index contributed by atoms with van der Waals surface area (Å²) < 4.78 is 0. The first kappa shape index (κ1) is 37.2. The van der Waals surface area contributed by atoms with E-state index in [1.54, 1.807) is 0 Å². The van der Waals surface area contributed by atoms with E-state index in [9.17, 15) is 0 Å². The number of rotatable bonds is 6. The van der Waals surface area contributed by atoms with Crippen molar-refractivity contribution in [3.63, 3.8) is 0 Å². The Kier molecular flexibility index (Phi) is 8.22. The van der Waals surface area contributed by atoms with E-state index in [2.05, 4.69) is 116 Å². The highest BCUT2D eigenvalue weighted by molar-refractivity contribution is 6.01. The van der Waals surface area contributed by atoms with Crippen LogP contribution in [-0.4, -0.2) is 80.6 Å². The number of hydrogen-bond acceptors (Lipinski definition) is 12. The molecule has 7 heterocycles. The zero-order valence-corrected chi connectivity index (χ0v) is 34.6. The molecule has 0 aliphatic carbocycles. The third kappa shape index (κ3) is 5.59. The molecular weight excluding hydrogens is 673 g/mol. The quantitative estimate of drug-likeness (QED) is 0.193. The Balaban J connectivity index is 1.28. The van der Waals surface area contributed by atoms with Gasteiger partial charge in [0.15, 0.2) is 17.5 Å². The average Bonchev–Trinajstić information content (AvgIpc) is 3.44. The van der Waals surface area contributed by atoms with E-state index in [1.165, 1.54) is 0 Å². The average molecular weight is 727 g/mol. The summed E-state index contributed by atoms with van der Waals surface area (Å²) in [7, 11) is 0. The van der Waals surface area contributed by atoms with Crippen LogP contribution in [0.15, 0.2) is 70.0 Å². The predicted octanol–water partition coefficient (Wildman–Crippen LogP) is 8.44. The van der Waals surface area contributed by atoms with E-state index in [0.717, 1.165) is 34.6 Å².